The lowest BCUT2D eigenvalue weighted by atomic mass is 9.80. The second kappa shape index (κ2) is 7.62. The zero-order valence-electron chi connectivity index (χ0n) is 16.5. The Bertz CT molecular complexity index is 860. The number of hydrogen-bond donors (Lipinski definition) is 1. The van der Waals surface area contributed by atoms with Crippen molar-refractivity contribution in [1.82, 2.24) is 9.88 Å². The third-order valence-electron chi connectivity index (χ3n) is 4.92. The highest BCUT2D eigenvalue weighted by molar-refractivity contribution is 5.78. The van der Waals surface area contributed by atoms with Crippen molar-refractivity contribution < 1.29 is 19.4 Å². The highest BCUT2D eigenvalue weighted by atomic mass is 16.6. The lowest BCUT2D eigenvalue weighted by molar-refractivity contribution is -0.148. The van der Waals surface area contributed by atoms with Crippen LogP contribution in [0.3, 0.4) is 0 Å². The van der Waals surface area contributed by atoms with E-state index in [2.05, 4.69) is 4.98 Å². The highest BCUT2D eigenvalue weighted by Gasteiger charge is 2.47. The predicted octanol–water partition coefficient (Wildman–Crippen LogP) is 4.00. The lowest BCUT2D eigenvalue weighted by Crippen LogP contribution is -2.40. The standard InChI is InChI=1S/C22H26N2O4/c1-21(2,3)28-20(27)24-11-9-22(15-24,19(25)26)13-16-6-4-7-17(12-16)18-8-5-10-23-14-18/h4-8,10,12,14H,9,11,13,15H2,1-3H3,(H,25,26)/t22-/m0/s1. The second-order valence-corrected chi connectivity index (χ2v) is 8.36. The number of benzene rings is 1. The maximum Gasteiger partial charge on any atom is 0.410 e. The van der Waals surface area contributed by atoms with Gasteiger partial charge in [0.25, 0.3) is 0 Å². The number of carbonyl (C=O) groups excluding carboxylic acids is 1. The molecule has 1 fully saturated rings. The molecule has 148 valence electrons. The average molecular weight is 382 g/mol. The smallest absolute Gasteiger partial charge is 0.410 e. The molecule has 6 nitrogen and oxygen atoms in total. The average Bonchev–Trinajstić information content (AvgIpc) is 3.07. The summed E-state index contributed by atoms with van der Waals surface area (Å²) >= 11 is 0. The van der Waals surface area contributed by atoms with Crippen molar-refractivity contribution in [3.8, 4) is 11.1 Å². The normalized spacial score (nSPS) is 19.5. The number of pyridine rings is 1. The molecule has 1 amide bonds. The lowest BCUT2D eigenvalue weighted by Gasteiger charge is -2.27. The van der Waals surface area contributed by atoms with Crippen LogP contribution in [-0.4, -0.2) is 45.7 Å². The number of carboxylic acid groups (broad SMARTS) is 1. The molecule has 0 aliphatic carbocycles. The summed E-state index contributed by atoms with van der Waals surface area (Å²) < 4.78 is 5.41. The second-order valence-electron chi connectivity index (χ2n) is 8.36. The summed E-state index contributed by atoms with van der Waals surface area (Å²) in [7, 11) is 0. The Hall–Kier alpha value is -2.89. The maximum atomic E-state index is 12.4. The van der Waals surface area contributed by atoms with Gasteiger partial charge in [-0.05, 0) is 56.4 Å². The van der Waals surface area contributed by atoms with Gasteiger partial charge < -0.3 is 14.7 Å². The minimum atomic E-state index is -1.01. The number of likely N-dealkylation sites (tertiary alicyclic amines) is 1. The molecule has 3 rings (SSSR count). The Kier molecular flexibility index (Phi) is 5.40. The molecule has 0 radical (unpaired) electrons. The van der Waals surface area contributed by atoms with Crippen molar-refractivity contribution >= 4 is 12.1 Å². The zero-order valence-corrected chi connectivity index (χ0v) is 16.5. The molecule has 6 heteroatoms. The monoisotopic (exact) mass is 382 g/mol. The van der Waals surface area contributed by atoms with Gasteiger partial charge in [0.1, 0.15) is 5.60 Å². The molecule has 1 aliphatic heterocycles. The van der Waals surface area contributed by atoms with Crippen LogP contribution in [0.5, 0.6) is 0 Å². The molecule has 1 aliphatic rings. The molecule has 2 aromatic rings. The largest absolute Gasteiger partial charge is 0.481 e. The predicted molar refractivity (Wildman–Crippen MR) is 106 cm³/mol. The van der Waals surface area contributed by atoms with Crippen molar-refractivity contribution in [3.05, 3.63) is 54.4 Å². The van der Waals surface area contributed by atoms with Gasteiger partial charge in [-0.2, -0.15) is 0 Å². The highest BCUT2D eigenvalue weighted by Crippen LogP contribution is 2.36. The fourth-order valence-corrected chi connectivity index (χ4v) is 3.53. The molecule has 2 heterocycles. The van der Waals surface area contributed by atoms with E-state index in [1.165, 1.54) is 4.90 Å². The first-order valence-electron chi connectivity index (χ1n) is 9.39. The first-order valence-corrected chi connectivity index (χ1v) is 9.39. The number of carboxylic acids is 1. The van der Waals surface area contributed by atoms with Crippen molar-refractivity contribution in [2.24, 2.45) is 5.41 Å². The van der Waals surface area contributed by atoms with Crippen LogP contribution in [0.2, 0.25) is 0 Å². The molecule has 0 saturated carbocycles. The quantitative estimate of drug-likeness (QED) is 0.864. The van der Waals surface area contributed by atoms with Gasteiger partial charge in [0.05, 0.1) is 5.41 Å². The zero-order chi connectivity index (χ0) is 20.4. The van der Waals surface area contributed by atoms with Crippen LogP contribution in [0.1, 0.15) is 32.8 Å². The molecular formula is C22H26N2O4. The summed E-state index contributed by atoms with van der Waals surface area (Å²) in [5.41, 5.74) is 1.28. The Morgan fingerprint density at radius 1 is 1.21 bits per heavy atom. The van der Waals surface area contributed by atoms with Gasteiger partial charge in [-0.3, -0.25) is 9.78 Å². The van der Waals surface area contributed by atoms with Gasteiger partial charge in [-0.25, -0.2) is 4.79 Å². The van der Waals surface area contributed by atoms with E-state index < -0.39 is 23.1 Å². The van der Waals surface area contributed by atoms with Crippen molar-refractivity contribution in [2.45, 2.75) is 39.2 Å². The van der Waals surface area contributed by atoms with E-state index in [4.69, 9.17) is 4.74 Å². The number of aromatic nitrogens is 1. The summed E-state index contributed by atoms with van der Waals surface area (Å²) in [5.74, 6) is -0.884. The number of ether oxygens (including phenoxy) is 1. The van der Waals surface area contributed by atoms with E-state index in [1.807, 2.05) is 36.4 Å². The van der Waals surface area contributed by atoms with E-state index in [0.717, 1.165) is 16.7 Å². The van der Waals surface area contributed by atoms with Gasteiger partial charge in [-0.15, -0.1) is 0 Å². The minimum absolute atomic E-state index is 0.147. The Labute approximate surface area is 165 Å². The SMILES string of the molecule is CC(C)(C)OC(=O)N1CC[C@@](Cc2cccc(-c3cccnc3)c2)(C(=O)O)C1. The number of nitrogens with zero attached hydrogens (tertiary/aromatic N) is 2. The molecule has 28 heavy (non-hydrogen) atoms. The van der Waals surface area contributed by atoms with E-state index >= 15 is 0 Å². The van der Waals surface area contributed by atoms with Crippen LogP contribution in [0.25, 0.3) is 11.1 Å². The fraction of sp³-hybridized carbons (Fsp3) is 0.409. The maximum absolute atomic E-state index is 12.4. The molecule has 1 aromatic carbocycles. The van der Waals surface area contributed by atoms with Gasteiger partial charge in [-0.1, -0.05) is 30.3 Å². The molecule has 0 bridgehead atoms. The first-order chi connectivity index (χ1) is 13.2. The molecular weight excluding hydrogens is 356 g/mol. The number of hydrogen-bond acceptors (Lipinski definition) is 4. The van der Waals surface area contributed by atoms with Crippen molar-refractivity contribution in [1.29, 1.82) is 0 Å². The molecule has 1 saturated heterocycles. The number of aliphatic carboxylic acids is 1. The van der Waals surface area contributed by atoms with Crippen LogP contribution in [0.15, 0.2) is 48.8 Å². The third-order valence-corrected chi connectivity index (χ3v) is 4.92. The fourth-order valence-electron chi connectivity index (χ4n) is 3.53. The minimum Gasteiger partial charge on any atom is -0.481 e. The summed E-state index contributed by atoms with van der Waals surface area (Å²) in [5, 5.41) is 9.95. The third kappa shape index (κ3) is 4.50. The first kappa shape index (κ1) is 19.9. The van der Waals surface area contributed by atoms with E-state index in [0.29, 0.717) is 19.4 Å². The van der Waals surface area contributed by atoms with Crippen LogP contribution >= 0.6 is 0 Å². The molecule has 1 N–H and O–H groups in total. The molecule has 0 unspecified atom stereocenters. The van der Waals surface area contributed by atoms with Crippen molar-refractivity contribution in [3.63, 3.8) is 0 Å². The van der Waals surface area contributed by atoms with Gasteiger partial charge in [0, 0.05) is 25.5 Å². The summed E-state index contributed by atoms with van der Waals surface area (Å²) in [6, 6.07) is 11.7. The Balaban J connectivity index is 1.79. The summed E-state index contributed by atoms with van der Waals surface area (Å²) in [4.78, 5) is 30.2. The summed E-state index contributed by atoms with van der Waals surface area (Å²) in [6.45, 7) is 5.93. The Morgan fingerprint density at radius 2 is 1.96 bits per heavy atom. The van der Waals surface area contributed by atoms with Crippen LogP contribution in [0.4, 0.5) is 4.79 Å². The van der Waals surface area contributed by atoms with E-state index in [-0.39, 0.29) is 6.54 Å². The molecule has 0 spiro atoms. The van der Waals surface area contributed by atoms with Crippen LogP contribution in [-0.2, 0) is 16.0 Å². The van der Waals surface area contributed by atoms with Crippen LogP contribution in [0, 0.1) is 5.41 Å². The summed E-state index contributed by atoms with van der Waals surface area (Å²) in [6.07, 6.45) is 3.80. The van der Waals surface area contributed by atoms with Crippen molar-refractivity contribution in [2.75, 3.05) is 13.1 Å². The van der Waals surface area contributed by atoms with Crippen LogP contribution < -0.4 is 0 Å². The topological polar surface area (TPSA) is 79.7 Å². The van der Waals surface area contributed by atoms with Gasteiger partial charge in [0.2, 0.25) is 0 Å². The van der Waals surface area contributed by atoms with Gasteiger partial charge in [0.15, 0.2) is 0 Å². The number of amides is 1. The number of carbonyl (C=O) groups is 2. The molecule has 1 aromatic heterocycles. The number of rotatable bonds is 4. The Morgan fingerprint density at radius 3 is 2.61 bits per heavy atom. The van der Waals surface area contributed by atoms with E-state index in [9.17, 15) is 14.7 Å². The van der Waals surface area contributed by atoms with Gasteiger partial charge >= 0.3 is 12.1 Å². The molecule has 1 atom stereocenters. The van der Waals surface area contributed by atoms with E-state index in [1.54, 1.807) is 33.2 Å².